The van der Waals surface area contributed by atoms with Crippen LogP contribution in [0.25, 0.3) is 0 Å². The van der Waals surface area contributed by atoms with E-state index in [1.54, 1.807) is 0 Å². The molecule has 0 unspecified atom stereocenters. The monoisotopic (exact) mass is 402 g/mol. The first-order valence-electron chi connectivity index (χ1n) is 10.4. The molecule has 3 aromatic carbocycles. The topological polar surface area (TPSA) is 23.5 Å². The fourth-order valence-electron chi connectivity index (χ4n) is 4.50. The van der Waals surface area contributed by atoms with E-state index in [2.05, 4.69) is 109 Å². The standard InChI is InChI=1S/C26H29NOP/c1-22(27-19-11-12-23(27)20-28)21-29(24-13-5-2-6-14-24,25-15-7-3-8-16-25)26-17-9-4-10-18-26/h2-10,13-18,21,23,28H,11-12,19-20H2,1H3/q+1/b22-21+/t23-/m0/s1. The molecule has 4 rings (SSSR count). The van der Waals surface area contributed by atoms with Crippen molar-refractivity contribution >= 4 is 23.2 Å². The van der Waals surface area contributed by atoms with Crippen LogP contribution < -0.4 is 15.9 Å². The Hall–Kier alpha value is -2.41. The Labute approximate surface area is 174 Å². The summed E-state index contributed by atoms with van der Waals surface area (Å²) in [5.74, 6) is 2.51. The van der Waals surface area contributed by atoms with Crippen LogP contribution in [0.2, 0.25) is 0 Å². The highest BCUT2D eigenvalue weighted by Gasteiger charge is 2.44. The number of hydrogen-bond donors (Lipinski definition) is 1. The molecule has 1 aliphatic rings. The van der Waals surface area contributed by atoms with Gasteiger partial charge in [-0.2, -0.15) is 0 Å². The molecule has 1 N–H and O–H groups in total. The highest BCUT2D eigenvalue weighted by molar-refractivity contribution is 7.98. The number of nitrogens with zero attached hydrogens (tertiary/aromatic N) is 1. The van der Waals surface area contributed by atoms with Crippen molar-refractivity contribution in [3.8, 4) is 0 Å². The average Bonchev–Trinajstić information content (AvgIpc) is 3.28. The number of benzene rings is 3. The van der Waals surface area contributed by atoms with Crippen molar-refractivity contribution in [3.05, 3.63) is 103 Å². The fourth-order valence-corrected chi connectivity index (χ4v) is 8.48. The van der Waals surface area contributed by atoms with Gasteiger partial charge < -0.3 is 10.0 Å². The molecule has 1 fully saturated rings. The lowest BCUT2D eigenvalue weighted by Crippen LogP contribution is -2.33. The Morgan fingerprint density at radius 2 is 1.31 bits per heavy atom. The lowest BCUT2D eigenvalue weighted by Gasteiger charge is -2.29. The van der Waals surface area contributed by atoms with Crippen LogP contribution in [0.3, 0.4) is 0 Å². The molecule has 148 valence electrons. The summed E-state index contributed by atoms with van der Waals surface area (Å²) in [5, 5.41) is 13.9. The second-order valence-corrected chi connectivity index (χ2v) is 10.9. The van der Waals surface area contributed by atoms with Crippen LogP contribution in [-0.4, -0.2) is 29.2 Å². The smallest absolute Gasteiger partial charge is 0.138 e. The van der Waals surface area contributed by atoms with Crippen LogP contribution >= 0.6 is 7.26 Å². The third kappa shape index (κ3) is 3.88. The van der Waals surface area contributed by atoms with E-state index in [-0.39, 0.29) is 12.6 Å². The van der Waals surface area contributed by atoms with Crippen molar-refractivity contribution in [3.63, 3.8) is 0 Å². The van der Waals surface area contributed by atoms with Gasteiger partial charge in [0.25, 0.3) is 0 Å². The molecule has 1 aliphatic heterocycles. The van der Waals surface area contributed by atoms with Crippen LogP contribution in [-0.2, 0) is 0 Å². The van der Waals surface area contributed by atoms with Gasteiger partial charge in [-0.25, -0.2) is 0 Å². The predicted octanol–water partition coefficient (Wildman–Crippen LogP) is 4.30. The molecule has 3 aromatic rings. The third-order valence-electron chi connectivity index (χ3n) is 5.91. The largest absolute Gasteiger partial charge is 0.394 e. The van der Waals surface area contributed by atoms with Gasteiger partial charge in [-0.1, -0.05) is 54.6 Å². The molecule has 1 heterocycles. The third-order valence-corrected chi connectivity index (χ3v) is 10.0. The van der Waals surface area contributed by atoms with E-state index in [0.717, 1.165) is 19.4 Å². The Kier molecular flexibility index (Phi) is 6.13. The van der Waals surface area contributed by atoms with E-state index in [9.17, 15) is 5.11 Å². The quantitative estimate of drug-likeness (QED) is 0.622. The lowest BCUT2D eigenvalue weighted by molar-refractivity contribution is 0.187. The summed E-state index contributed by atoms with van der Waals surface area (Å²) < 4.78 is 0. The maximum Gasteiger partial charge on any atom is 0.138 e. The van der Waals surface area contributed by atoms with Crippen molar-refractivity contribution < 1.29 is 5.11 Å². The number of rotatable bonds is 6. The van der Waals surface area contributed by atoms with E-state index in [1.807, 2.05) is 0 Å². The molecule has 0 aromatic heterocycles. The lowest BCUT2D eigenvalue weighted by atomic mass is 10.2. The zero-order valence-corrected chi connectivity index (χ0v) is 17.9. The normalized spacial score (nSPS) is 17.5. The molecule has 3 heteroatoms. The van der Waals surface area contributed by atoms with Gasteiger partial charge in [-0.05, 0) is 56.2 Å². The molecule has 0 spiro atoms. The van der Waals surface area contributed by atoms with Crippen LogP contribution in [0.4, 0.5) is 0 Å². The van der Waals surface area contributed by atoms with Gasteiger partial charge in [-0.3, -0.25) is 0 Å². The molecular formula is C26H29NOP+. The molecule has 1 atom stereocenters. The number of hydrogen-bond acceptors (Lipinski definition) is 2. The van der Waals surface area contributed by atoms with E-state index in [0.29, 0.717) is 0 Å². The Bertz CT molecular complexity index is 844. The van der Waals surface area contributed by atoms with Gasteiger partial charge in [0, 0.05) is 12.2 Å². The summed E-state index contributed by atoms with van der Waals surface area (Å²) in [6, 6.07) is 33.0. The molecule has 29 heavy (non-hydrogen) atoms. The van der Waals surface area contributed by atoms with Crippen molar-refractivity contribution in [1.29, 1.82) is 0 Å². The number of aliphatic hydroxyl groups excluding tert-OH is 1. The summed E-state index contributed by atoms with van der Waals surface area (Å²) in [5.41, 5.74) is 1.27. The van der Waals surface area contributed by atoms with Gasteiger partial charge in [0.2, 0.25) is 0 Å². The summed E-state index contributed by atoms with van der Waals surface area (Å²) in [6.07, 6.45) is 2.21. The molecule has 0 bridgehead atoms. The van der Waals surface area contributed by atoms with Crippen molar-refractivity contribution in [2.24, 2.45) is 0 Å². The minimum atomic E-state index is -1.98. The molecule has 1 saturated heterocycles. The van der Waals surface area contributed by atoms with Gasteiger partial charge in [0.05, 0.1) is 18.5 Å². The van der Waals surface area contributed by atoms with Crippen LogP contribution in [0.5, 0.6) is 0 Å². The summed E-state index contributed by atoms with van der Waals surface area (Å²) in [4.78, 5) is 2.41. The minimum Gasteiger partial charge on any atom is -0.394 e. The van der Waals surface area contributed by atoms with Gasteiger partial charge in [0.15, 0.2) is 0 Å². The first-order valence-corrected chi connectivity index (χ1v) is 12.2. The predicted molar refractivity (Wildman–Crippen MR) is 126 cm³/mol. The average molecular weight is 402 g/mol. The van der Waals surface area contributed by atoms with Crippen molar-refractivity contribution in [2.75, 3.05) is 13.2 Å². The first-order chi connectivity index (χ1) is 14.3. The molecule has 2 nitrogen and oxygen atoms in total. The Morgan fingerprint density at radius 1 is 0.862 bits per heavy atom. The maximum atomic E-state index is 9.87. The van der Waals surface area contributed by atoms with Crippen LogP contribution in [0, 0.1) is 0 Å². The van der Waals surface area contributed by atoms with E-state index >= 15 is 0 Å². The molecular weight excluding hydrogens is 373 g/mol. The zero-order chi connectivity index (χ0) is 20.1. The highest BCUT2D eigenvalue weighted by Crippen LogP contribution is 2.58. The van der Waals surface area contributed by atoms with E-state index in [4.69, 9.17) is 0 Å². The molecule has 0 radical (unpaired) electrons. The Balaban J connectivity index is 1.97. The number of aliphatic hydroxyl groups is 1. The summed E-state index contributed by atoms with van der Waals surface area (Å²) in [7, 11) is -1.98. The SMILES string of the molecule is C/C(=C\[P+](c1ccccc1)(c1ccccc1)c1ccccc1)N1CCC[C@H]1CO. The number of allylic oxidation sites excluding steroid dienone is 1. The summed E-state index contributed by atoms with van der Waals surface area (Å²) >= 11 is 0. The van der Waals surface area contributed by atoms with Gasteiger partial charge in [-0.15, -0.1) is 0 Å². The van der Waals surface area contributed by atoms with Crippen molar-refractivity contribution in [2.45, 2.75) is 25.8 Å². The number of likely N-dealkylation sites (tertiary alicyclic amines) is 1. The van der Waals surface area contributed by atoms with E-state index < -0.39 is 7.26 Å². The van der Waals surface area contributed by atoms with Crippen LogP contribution in [0.15, 0.2) is 103 Å². The highest BCUT2D eigenvalue weighted by atomic mass is 31.2. The second-order valence-electron chi connectivity index (χ2n) is 7.67. The molecule has 0 amide bonds. The Morgan fingerprint density at radius 3 is 1.72 bits per heavy atom. The maximum absolute atomic E-state index is 9.87. The zero-order valence-electron chi connectivity index (χ0n) is 17.0. The van der Waals surface area contributed by atoms with Crippen molar-refractivity contribution in [1.82, 2.24) is 4.90 Å². The summed E-state index contributed by atoms with van der Waals surface area (Å²) in [6.45, 7) is 3.46. The van der Waals surface area contributed by atoms with Crippen LogP contribution in [0.1, 0.15) is 19.8 Å². The first kappa shape index (κ1) is 19.9. The van der Waals surface area contributed by atoms with Gasteiger partial charge in [0.1, 0.15) is 23.2 Å². The van der Waals surface area contributed by atoms with E-state index in [1.165, 1.54) is 21.6 Å². The molecule has 0 aliphatic carbocycles. The second kappa shape index (κ2) is 8.95. The minimum absolute atomic E-state index is 0.221. The van der Waals surface area contributed by atoms with Gasteiger partial charge >= 0.3 is 0 Å². The fraction of sp³-hybridized carbons (Fsp3) is 0.231. The molecule has 0 saturated carbocycles.